The minimum Gasteiger partial charge on any atom is -0.496 e. The highest BCUT2D eigenvalue weighted by atomic mass is 32.1. The van der Waals surface area contributed by atoms with Gasteiger partial charge in [-0.05, 0) is 57.0 Å². The Morgan fingerprint density at radius 1 is 1.14 bits per heavy atom. The molecule has 0 N–H and O–H groups in total. The average molecular weight is 521 g/mol. The van der Waals surface area contributed by atoms with Gasteiger partial charge in [0.25, 0.3) is 5.56 Å². The Kier molecular flexibility index (Phi) is 8.28. The molecule has 2 heterocycles. The van der Waals surface area contributed by atoms with Crippen LogP contribution in [-0.4, -0.2) is 30.4 Å². The van der Waals surface area contributed by atoms with Crippen LogP contribution in [0.15, 0.2) is 69.6 Å². The molecule has 37 heavy (non-hydrogen) atoms. The fourth-order valence-electron chi connectivity index (χ4n) is 4.37. The molecule has 0 fully saturated rings. The average Bonchev–Trinajstić information content (AvgIpc) is 3.18. The van der Waals surface area contributed by atoms with Crippen molar-refractivity contribution in [3.05, 3.63) is 90.6 Å². The first-order chi connectivity index (χ1) is 17.9. The zero-order valence-corrected chi connectivity index (χ0v) is 22.6. The smallest absolute Gasteiger partial charge is 0.338 e. The number of carbonyl (C=O) groups is 1. The molecule has 0 aliphatic carbocycles. The summed E-state index contributed by atoms with van der Waals surface area (Å²) in [5.74, 6) is 0.885. The van der Waals surface area contributed by atoms with Crippen LogP contribution >= 0.6 is 11.3 Å². The van der Waals surface area contributed by atoms with E-state index in [1.165, 1.54) is 11.3 Å². The molecule has 0 saturated carbocycles. The summed E-state index contributed by atoms with van der Waals surface area (Å²) in [4.78, 5) is 32.5. The zero-order valence-electron chi connectivity index (χ0n) is 21.8. The second-order valence-corrected chi connectivity index (χ2v) is 9.90. The summed E-state index contributed by atoms with van der Waals surface area (Å²) in [5, 5.41) is 0. The summed E-state index contributed by atoms with van der Waals surface area (Å²) in [7, 11) is 1.58. The molecule has 0 bridgehead atoms. The number of aromatic nitrogens is 1. The molecule has 0 unspecified atom stereocenters. The standard InChI is InChI=1S/C29H32N2O5S/c1-6-10-22-25(28(33)35-7-2)26(21-11-8-9-12-23(21)34-5)31-27(32)24(37-29(31)30-22)17-19-13-15-20(16-14-19)36-18(3)4/h8-9,11-18,26H,6-7,10H2,1-5H3/b24-17-/t26-/m1/s1. The van der Waals surface area contributed by atoms with Crippen LogP contribution in [-0.2, 0) is 9.53 Å². The number of esters is 1. The SMILES string of the molecule is CCCC1=C(C(=O)OCC)[C@@H](c2ccccc2OC)n2c(s/c(=C\c3ccc(OC(C)C)cc3)c2=O)=N1. The highest BCUT2D eigenvalue weighted by molar-refractivity contribution is 7.07. The molecule has 3 aromatic rings. The van der Waals surface area contributed by atoms with Crippen LogP contribution in [0.3, 0.4) is 0 Å². The van der Waals surface area contributed by atoms with Gasteiger partial charge in [0.2, 0.25) is 0 Å². The normalized spacial score (nSPS) is 15.4. The van der Waals surface area contributed by atoms with Gasteiger partial charge >= 0.3 is 5.97 Å². The topological polar surface area (TPSA) is 79.1 Å². The van der Waals surface area contributed by atoms with Gasteiger partial charge in [0, 0.05) is 5.56 Å². The maximum atomic E-state index is 13.8. The Morgan fingerprint density at radius 3 is 2.51 bits per heavy atom. The van der Waals surface area contributed by atoms with Crippen LogP contribution in [0.25, 0.3) is 6.08 Å². The summed E-state index contributed by atoms with van der Waals surface area (Å²) in [6.07, 6.45) is 3.30. The molecule has 4 rings (SSSR count). The lowest BCUT2D eigenvalue weighted by molar-refractivity contribution is -0.139. The molecule has 7 nitrogen and oxygen atoms in total. The van der Waals surface area contributed by atoms with Gasteiger partial charge in [-0.25, -0.2) is 9.79 Å². The summed E-state index contributed by atoms with van der Waals surface area (Å²) < 4.78 is 18.9. The van der Waals surface area contributed by atoms with Gasteiger partial charge in [-0.1, -0.05) is 55.0 Å². The van der Waals surface area contributed by atoms with E-state index in [0.717, 1.165) is 17.7 Å². The first-order valence-electron chi connectivity index (χ1n) is 12.5. The molecule has 0 amide bonds. The molecule has 194 valence electrons. The molecule has 0 spiro atoms. The van der Waals surface area contributed by atoms with Crippen molar-refractivity contribution >= 4 is 23.4 Å². The number of carbonyl (C=O) groups excluding carboxylic acids is 1. The number of allylic oxidation sites excluding steroid dienone is 1. The van der Waals surface area contributed by atoms with Crippen LogP contribution < -0.4 is 24.4 Å². The van der Waals surface area contributed by atoms with E-state index in [-0.39, 0.29) is 18.3 Å². The van der Waals surface area contributed by atoms with E-state index in [2.05, 4.69) is 0 Å². The van der Waals surface area contributed by atoms with E-state index in [1.807, 2.05) is 75.4 Å². The van der Waals surface area contributed by atoms with E-state index in [4.69, 9.17) is 19.2 Å². The Balaban J connectivity index is 1.93. The van der Waals surface area contributed by atoms with Crippen molar-refractivity contribution in [2.75, 3.05) is 13.7 Å². The molecular weight excluding hydrogens is 488 g/mol. The quantitative estimate of drug-likeness (QED) is 0.392. The highest BCUT2D eigenvalue weighted by Crippen LogP contribution is 2.36. The lowest BCUT2D eigenvalue weighted by Gasteiger charge is -2.26. The third-order valence-electron chi connectivity index (χ3n) is 5.88. The molecule has 0 saturated heterocycles. The molecule has 8 heteroatoms. The van der Waals surface area contributed by atoms with Gasteiger partial charge in [-0.2, -0.15) is 0 Å². The predicted molar refractivity (Wildman–Crippen MR) is 145 cm³/mol. The monoisotopic (exact) mass is 520 g/mol. The van der Waals surface area contributed by atoms with Gasteiger partial charge < -0.3 is 14.2 Å². The third-order valence-corrected chi connectivity index (χ3v) is 6.86. The van der Waals surface area contributed by atoms with Gasteiger partial charge in [-0.3, -0.25) is 9.36 Å². The van der Waals surface area contributed by atoms with Crippen molar-refractivity contribution in [1.29, 1.82) is 0 Å². The fourth-order valence-corrected chi connectivity index (χ4v) is 5.39. The van der Waals surface area contributed by atoms with Gasteiger partial charge in [0.15, 0.2) is 4.80 Å². The molecular formula is C29H32N2O5S. The first kappa shape index (κ1) is 26.4. The Hall–Kier alpha value is -3.65. The van der Waals surface area contributed by atoms with Gasteiger partial charge in [-0.15, -0.1) is 0 Å². The second-order valence-electron chi connectivity index (χ2n) is 8.89. The number of methoxy groups -OCH3 is 1. The largest absolute Gasteiger partial charge is 0.496 e. The minimum absolute atomic E-state index is 0.0791. The van der Waals surface area contributed by atoms with Crippen LogP contribution in [0.2, 0.25) is 0 Å². The third kappa shape index (κ3) is 5.54. The van der Waals surface area contributed by atoms with Crippen LogP contribution in [0, 0.1) is 0 Å². The summed E-state index contributed by atoms with van der Waals surface area (Å²) in [6.45, 7) is 7.98. The number of hydrogen-bond donors (Lipinski definition) is 0. The fraction of sp³-hybridized carbons (Fsp3) is 0.345. The zero-order chi connectivity index (χ0) is 26.5. The number of hydrogen-bond acceptors (Lipinski definition) is 7. The number of rotatable bonds is 9. The predicted octanol–water partition coefficient (Wildman–Crippen LogP) is 4.37. The number of ether oxygens (including phenoxy) is 3. The summed E-state index contributed by atoms with van der Waals surface area (Å²) >= 11 is 1.31. The van der Waals surface area contributed by atoms with E-state index in [1.54, 1.807) is 18.6 Å². The first-order valence-corrected chi connectivity index (χ1v) is 13.3. The van der Waals surface area contributed by atoms with Crippen LogP contribution in [0.1, 0.15) is 57.7 Å². The van der Waals surface area contributed by atoms with Crippen molar-refractivity contribution in [1.82, 2.24) is 4.57 Å². The maximum absolute atomic E-state index is 13.8. The van der Waals surface area contributed by atoms with E-state index in [0.29, 0.717) is 38.3 Å². The Morgan fingerprint density at radius 2 is 1.86 bits per heavy atom. The van der Waals surface area contributed by atoms with E-state index < -0.39 is 12.0 Å². The van der Waals surface area contributed by atoms with E-state index in [9.17, 15) is 9.59 Å². The van der Waals surface area contributed by atoms with Gasteiger partial charge in [0.1, 0.15) is 17.5 Å². The van der Waals surface area contributed by atoms with Crippen molar-refractivity contribution in [2.24, 2.45) is 4.99 Å². The van der Waals surface area contributed by atoms with Crippen molar-refractivity contribution in [2.45, 2.75) is 52.7 Å². The number of fused-ring (bicyclic) bond motifs is 1. The molecule has 1 aromatic heterocycles. The summed E-state index contributed by atoms with van der Waals surface area (Å²) in [6, 6.07) is 14.3. The molecule has 1 aliphatic rings. The Bertz CT molecular complexity index is 1480. The number of thiazole rings is 1. The Labute approximate surface area is 220 Å². The van der Waals surface area contributed by atoms with Crippen molar-refractivity contribution in [3.63, 3.8) is 0 Å². The summed E-state index contributed by atoms with van der Waals surface area (Å²) in [5.41, 5.74) is 2.37. The number of benzene rings is 2. The van der Waals surface area contributed by atoms with Crippen molar-refractivity contribution < 1.29 is 19.0 Å². The van der Waals surface area contributed by atoms with Gasteiger partial charge in [0.05, 0.1) is 35.6 Å². The maximum Gasteiger partial charge on any atom is 0.338 e. The van der Waals surface area contributed by atoms with Crippen molar-refractivity contribution in [3.8, 4) is 11.5 Å². The molecule has 1 aliphatic heterocycles. The molecule has 2 aromatic carbocycles. The minimum atomic E-state index is -0.711. The highest BCUT2D eigenvalue weighted by Gasteiger charge is 2.35. The van der Waals surface area contributed by atoms with E-state index >= 15 is 0 Å². The van der Waals surface area contributed by atoms with Crippen LogP contribution in [0.5, 0.6) is 11.5 Å². The molecule has 0 radical (unpaired) electrons. The molecule has 1 atom stereocenters. The number of nitrogens with zero attached hydrogens (tertiary/aromatic N) is 2. The van der Waals surface area contributed by atoms with Crippen LogP contribution in [0.4, 0.5) is 0 Å². The lowest BCUT2D eigenvalue weighted by Crippen LogP contribution is -2.40. The number of para-hydroxylation sites is 1. The lowest BCUT2D eigenvalue weighted by atomic mass is 9.93. The second kappa shape index (κ2) is 11.6.